The SMILES string of the molecule is C[C@@H]1CN(c2nc(=O)n3c4c(c(Cl)c(C(F)(F)F)cc24)SC[C@@H](n2ncc4cccnc42)C3)C[C@H](C)N1C(=O)OC(C)(C)C. The second-order valence-corrected chi connectivity index (χ2v) is 13.7. The molecule has 15 heteroatoms. The molecule has 6 rings (SSSR count). The van der Waals surface area contributed by atoms with Crippen LogP contribution in [0.1, 0.15) is 46.2 Å². The molecule has 0 bridgehead atoms. The largest absolute Gasteiger partial charge is 0.444 e. The van der Waals surface area contributed by atoms with Gasteiger partial charge in [-0.25, -0.2) is 19.3 Å². The average Bonchev–Trinajstić information content (AvgIpc) is 3.23. The summed E-state index contributed by atoms with van der Waals surface area (Å²) in [6.07, 6.45) is -1.92. The first-order valence-corrected chi connectivity index (χ1v) is 15.5. The predicted molar refractivity (Wildman–Crippen MR) is 163 cm³/mol. The molecule has 4 aromatic rings. The van der Waals surface area contributed by atoms with Crippen molar-refractivity contribution in [3.8, 4) is 0 Å². The number of benzene rings is 1. The summed E-state index contributed by atoms with van der Waals surface area (Å²) >= 11 is 7.63. The number of ether oxygens (including phenoxy) is 1. The molecule has 0 unspecified atom stereocenters. The topological polar surface area (TPSA) is 98.4 Å². The zero-order chi connectivity index (χ0) is 31.7. The van der Waals surface area contributed by atoms with Crippen LogP contribution in [0.15, 0.2) is 40.3 Å². The lowest BCUT2D eigenvalue weighted by Crippen LogP contribution is -2.59. The van der Waals surface area contributed by atoms with Gasteiger partial charge >= 0.3 is 18.0 Å². The van der Waals surface area contributed by atoms with E-state index in [9.17, 15) is 22.8 Å². The number of fused-ring (bicyclic) bond motifs is 1. The lowest BCUT2D eigenvalue weighted by Gasteiger charge is -2.45. The van der Waals surface area contributed by atoms with Crippen molar-refractivity contribution in [3.63, 3.8) is 0 Å². The third-order valence-corrected chi connectivity index (χ3v) is 9.52. The Morgan fingerprint density at radius 2 is 1.84 bits per heavy atom. The standard InChI is InChI=1S/C29H31ClF3N7O3S/c1-15-11-37(12-16(2)39(15)27(42)43-28(3,4)5)25-19-9-20(29(31,32)33)21(30)23-22(19)38(26(41)36-25)13-18(14-44-23)40-24-17(10-35-40)7-6-8-34-24/h6-10,15-16,18H,11-14H2,1-5H3/t15-,16+,18-/m0/s1. The van der Waals surface area contributed by atoms with Crippen molar-refractivity contribution in [2.24, 2.45) is 0 Å². The van der Waals surface area contributed by atoms with Crippen molar-refractivity contribution in [3.05, 3.63) is 51.7 Å². The Labute approximate surface area is 260 Å². The van der Waals surface area contributed by atoms with E-state index in [1.807, 2.05) is 19.9 Å². The molecular formula is C29H31ClF3N7O3S. The summed E-state index contributed by atoms with van der Waals surface area (Å²) < 4.78 is 51.8. The van der Waals surface area contributed by atoms with E-state index in [0.717, 1.165) is 23.2 Å². The second-order valence-electron chi connectivity index (χ2n) is 12.3. The first-order valence-electron chi connectivity index (χ1n) is 14.2. The van der Waals surface area contributed by atoms with Crippen LogP contribution >= 0.6 is 23.4 Å². The van der Waals surface area contributed by atoms with Crippen LogP contribution in [0, 0.1) is 0 Å². The van der Waals surface area contributed by atoms with E-state index in [-0.39, 0.29) is 47.8 Å². The fourth-order valence-corrected chi connectivity index (χ4v) is 7.64. The molecule has 0 saturated carbocycles. The molecule has 1 saturated heterocycles. The fourth-order valence-electron chi connectivity index (χ4n) is 6.03. The van der Waals surface area contributed by atoms with E-state index in [1.54, 1.807) is 53.7 Å². The van der Waals surface area contributed by atoms with E-state index in [4.69, 9.17) is 16.3 Å². The minimum Gasteiger partial charge on any atom is -0.444 e. The first kappa shape index (κ1) is 30.5. The number of alkyl halides is 3. The summed E-state index contributed by atoms with van der Waals surface area (Å²) in [5.41, 5.74) is -1.41. The number of rotatable bonds is 2. The van der Waals surface area contributed by atoms with E-state index in [2.05, 4.69) is 15.1 Å². The van der Waals surface area contributed by atoms with Crippen LogP contribution in [0.5, 0.6) is 0 Å². The highest BCUT2D eigenvalue weighted by molar-refractivity contribution is 7.99. The maximum absolute atomic E-state index is 14.4. The summed E-state index contributed by atoms with van der Waals surface area (Å²) in [5.74, 6) is 0.417. The van der Waals surface area contributed by atoms with Gasteiger partial charge in [-0.3, -0.25) is 9.47 Å². The van der Waals surface area contributed by atoms with Gasteiger partial charge in [-0.1, -0.05) is 11.6 Å². The van der Waals surface area contributed by atoms with Gasteiger partial charge < -0.3 is 9.64 Å². The zero-order valence-corrected chi connectivity index (χ0v) is 26.3. The third kappa shape index (κ3) is 5.35. The summed E-state index contributed by atoms with van der Waals surface area (Å²) in [5, 5.41) is 5.00. The molecule has 1 aromatic carbocycles. The minimum absolute atomic E-state index is 0.108. The monoisotopic (exact) mass is 649 g/mol. The number of piperazine rings is 1. The number of amides is 1. The number of hydrogen-bond donors (Lipinski definition) is 0. The molecule has 1 fully saturated rings. The van der Waals surface area contributed by atoms with Crippen LogP contribution < -0.4 is 10.6 Å². The van der Waals surface area contributed by atoms with Gasteiger partial charge in [0.2, 0.25) is 0 Å². The lowest BCUT2D eigenvalue weighted by molar-refractivity contribution is -0.137. The number of halogens is 4. The summed E-state index contributed by atoms with van der Waals surface area (Å²) in [6, 6.07) is 3.46. The van der Waals surface area contributed by atoms with Crippen molar-refractivity contribution in [1.82, 2.24) is 29.2 Å². The van der Waals surface area contributed by atoms with Gasteiger partial charge in [0, 0.05) is 35.8 Å². The molecule has 0 radical (unpaired) electrons. The van der Waals surface area contributed by atoms with Crippen molar-refractivity contribution >= 4 is 57.2 Å². The lowest BCUT2D eigenvalue weighted by atomic mass is 10.1. The third-order valence-electron chi connectivity index (χ3n) is 7.78. The van der Waals surface area contributed by atoms with Crippen molar-refractivity contribution in [1.29, 1.82) is 0 Å². The van der Waals surface area contributed by atoms with Crippen molar-refractivity contribution < 1.29 is 22.7 Å². The number of aromatic nitrogens is 5. The van der Waals surface area contributed by atoms with E-state index >= 15 is 0 Å². The predicted octanol–water partition coefficient (Wildman–Crippen LogP) is 5.99. The molecule has 0 N–H and O–H groups in total. The molecule has 0 spiro atoms. The van der Waals surface area contributed by atoms with Gasteiger partial charge in [0.05, 0.1) is 51.9 Å². The maximum atomic E-state index is 14.4. The van der Waals surface area contributed by atoms with Crippen LogP contribution in [0.3, 0.4) is 0 Å². The Kier molecular flexibility index (Phi) is 7.51. The Bertz CT molecular complexity index is 1830. The number of carbonyl (C=O) groups is 1. The highest BCUT2D eigenvalue weighted by Gasteiger charge is 2.40. The molecule has 1 amide bonds. The first-order chi connectivity index (χ1) is 20.6. The van der Waals surface area contributed by atoms with E-state index < -0.39 is 40.2 Å². The second kappa shape index (κ2) is 10.8. The Morgan fingerprint density at radius 1 is 1.14 bits per heavy atom. The molecule has 2 aliphatic rings. The molecule has 5 heterocycles. The number of anilines is 1. The number of pyridine rings is 1. The Balaban J connectivity index is 1.47. The number of hydrogen-bond acceptors (Lipinski definition) is 8. The quantitative estimate of drug-likeness (QED) is 0.261. The van der Waals surface area contributed by atoms with Gasteiger partial charge in [-0.2, -0.15) is 23.3 Å². The summed E-state index contributed by atoms with van der Waals surface area (Å²) in [4.78, 5) is 39.1. The number of carbonyl (C=O) groups excluding carboxylic acids is 1. The van der Waals surface area contributed by atoms with Gasteiger partial charge in [0.15, 0.2) is 5.65 Å². The highest BCUT2D eigenvalue weighted by atomic mass is 35.5. The summed E-state index contributed by atoms with van der Waals surface area (Å²) in [7, 11) is 0. The minimum atomic E-state index is -4.75. The van der Waals surface area contributed by atoms with Crippen LogP contribution in [0.2, 0.25) is 5.02 Å². The van der Waals surface area contributed by atoms with Gasteiger partial charge in [0.25, 0.3) is 0 Å². The van der Waals surface area contributed by atoms with Crippen molar-refractivity contribution in [2.45, 2.75) is 76.0 Å². The Hall–Kier alpha value is -3.52. The molecule has 3 atom stereocenters. The molecule has 3 aromatic heterocycles. The van der Waals surface area contributed by atoms with Crippen LogP contribution in [0.4, 0.5) is 23.8 Å². The van der Waals surface area contributed by atoms with Crippen LogP contribution in [-0.4, -0.2) is 71.8 Å². The normalized spacial score (nSPS) is 21.2. The number of nitrogens with zero attached hydrogens (tertiary/aromatic N) is 7. The zero-order valence-electron chi connectivity index (χ0n) is 24.7. The maximum Gasteiger partial charge on any atom is 0.417 e. The van der Waals surface area contributed by atoms with Gasteiger partial charge in [-0.05, 0) is 52.8 Å². The van der Waals surface area contributed by atoms with Crippen LogP contribution in [0.25, 0.3) is 21.9 Å². The molecular weight excluding hydrogens is 619 g/mol. The van der Waals surface area contributed by atoms with E-state index in [1.165, 1.54) is 4.57 Å². The average molecular weight is 650 g/mol. The Morgan fingerprint density at radius 3 is 2.50 bits per heavy atom. The smallest absolute Gasteiger partial charge is 0.417 e. The molecule has 234 valence electrons. The molecule has 0 aliphatic carbocycles. The van der Waals surface area contributed by atoms with Crippen LogP contribution in [-0.2, 0) is 17.5 Å². The molecule has 2 aliphatic heterocycles. The molecule has 10 nitrogen and oxygen atoms in total. The fraction of sp³-hybridized carbons (Fsp3) is 0.483. The summed E-state index contributed by atoms with van der Waals surface area (Å²) in [6.45, 7) is 9.57. The van der Waals surface area contributed by atoms with Gasteiger partial charge in [0.1, 0.15) is 11.4 Å². The number of thioether (sulfide) groups is 1. The molecule has 44 heavy (non-hydrogen) atoms. The van der Waals surface area contributed by atoms with Crippen molar-refractivity contribution in [2.75, 3.05) is 23.7 Å². The van der Waals surface area contributed by atoms with Gasteiger partial charge in [-0.15, -0.1) is 11.8 Å². The van der Waals surface area contributed by atoms with E-state index in [0.29, 0.717) is 16.9 Å². The highest BCUT2D eigenvalue weighted by Crippen LogP contribution is 2.47.